The third-order valence-corrected chi connectivity index (χ3v) is 6.39. The van der Waals surface area contributed by atoms with Crippen LogP contribution < -0.4 is 4.74 Å². The van der Waals surface area contributed by atoms with Crippen LogP contribution in [0.15, 0.2) is 24.3 Å². The number of aryl methyl sites for hydroxylation is 1. The first kappa shape index (κ1) is 17.7. The van der Waals surface area contributed by atoms with Crippen LogP contribution in [0.4, 0.5) is 0 Å². The maximum atomic E-state index is 12.7. The predicted octanol–water partition coefficient (Wildman–Crippen LogP) is 4.29. The summed E-state index contributed by atoms with van der Waals surface area (Å²) < 4.78 is 5.61. The van der Waals surface area contributed by atoms with Gasteiger partial charge < -0.3 is 9.64 Å². The van der Waals surface area contributed by atoms with Crippen LogP contribution in [-0.4, -0.2) is 41.0 Å². The summed E-state index contributed by atoms with van der Waals surface area (Å²) >= 11 is 1.97. The van der Waals surface area contributed by atoms with Crippen LogP contribution in [0.3, 0.4) is 0 Å². The van der Waals surface area contributed by atoms with Gasteiger partial charge in [-0.3, -0.25) is 4.79 Å². The molecule has 2 aliphatic rings. The second-order valence-electron chi connectivity index (χ2n) is 7.01. The molecule has 0 aromatic heterocycles. The van der Waals surface area contributed by atoms with Crippen molar-refractivity contribution in [3.05, 3.63) is 29.8 Å². The Hall–Kier alpha value is -1.16. The molecular weight excluding hydrogens is 318 g/mol. The lowest BCUT2D eigenvalue weighted by molar-refractivity contribution is -0.135. The molecule has 1 aromatic rings. The van der Waals surface area contributed by atoms with Gasteiger partial charge in [0.25, 0.3) is 0 Å². The van der Waals surface area contributed by atoms with E-state index in [1.165, 1.54) is 31.2 Å². The van der Waals surface area contributed by atoms with Gasteiger partial charge in [0.05, 0.1) is 6.61 Å². The van der Waals surface area contributed by atoms with E-state index in [-0.39, 0.29) is 0 Å². The Morgan fingerprint density at radius 2 is 1.88 bits per heavy atom. The number of amides is 1. The molecule has 2 heterocycles. The van der Waals surface area contributed by atoms with Crippen LogP contribution in [0.2, 0.25) is 0 Å². The first-order chi connectivity index (χ1) is 11.7. The highest BCUT2D eigenvalue weighted by molar-refractivity contribution is 7.99. The van der Waals surface area contributed by atoms with E-state index in [0.717, 1.165) is 30.4 Å². The van der Waals surface area contributed by atoms with Crippen LogP contribution >= 0.6 is 11.8 Å². The monoisotopic (exact) mass is 347 g/mol. The van der Waals surface area contributed by atoms with Crippen molar-refractivity contribution >= 4 is 17.7 Å². The third kappa shape index (κ3) is 4.08. The molecule has 1 aromatic carbocycles. The zero-order valence-electron chi connectivity index (χ0n) is 14.9. The molecule has 2 saturated heterocycles. The number of ether oxygens (including phenoxy) is 1. The number of nitrogens with zero attached hydrogens (tertiary/aromatic N) is 1. The minimum Gasteiger partial charge on any atom is -0.494 e. The number of hydrogen-bond acceptors (Lipinski definition) is 3. The van der Waals surface area contributed by atoms with Gasteiger partial charge in [0.2, 0.25) is 5.91 Å². The van der Waals surface area contributed by atoms with Gasteiger partial charge in [-0.05, 0) is 62.5 Å². The molecule has 2 aliphatic heterocycles. The fraction of sp³-hybridized carbons (Fsp3) is 0.650. The van der Waals surface area contributed by atoms with Crippen LogP contribution in [0.25, 0.3) is 0 Å². The van der Waals surface area contributed by atoms with Crippen LogP contribution in [0, 0.1) is 0 Å². The second-order valence-corrected chi connectivity index (χ2v) is 8.15. The third-order valence-electron chi connectivity index (χ3n) is 5.33. The zero-order chi connectivity index (χ0) is 16.9. The number of carbonyl (C=O) groups excluding carboxylic acids is 1. The molecule has 1 amide bonds. The van der Waals surface area contributed by atoms with Crippen molar-refractivity contribution in [3.8, 4) is 5.75 Å². The molecule has 0 N–H and O–H groups in total. The summed E-state index contributed by atoms with van der Waals surface area (Å²) in [5, 5.41) is 0.752. The Kier molecular flexibility index (Phi) is 6.09. The summed E-state index contributed by atoms with van der Waals surface area (Å²) in [6.07, 6.45) is 9.47. The van der Waals surface area contributed by atoms with Crippen molar-refractivity contribution in [2.45, 2.75) is 69.2 Å². The van der Waals surface area contributed by atoms with E-state index in [0.29, 0.717) is 24.4 Å². The predicted molar refractivity (Wildman–Crippen MR) is 101 cm³/mol. The van der Waals surface area contributed by atoms with E-state index in [1.54, 1.807) is 0 Å². The van der Waals surface area contributed by atoms with Gasteiger partial charge in [-0.1, -0.05) is 19.1 Å². The Balaban J connectivity index is 1.51. The summed E-state index contributed by atoms with van der Waals surface area (Å²) in [6, 6.07) is 9.21. The number of hydrogen-bond donors (Lipinski definition) is 0. The lowest BCUT2D eigenvalue weighted by Crippen LogP contribution is -2.47. The molecule has 3 rings (SSSR count). The number of thioether (sulfide) groups is 1. The average molecular weight is 348 g/mol. The van der Waals surface area contributed by atoms with Crippen molar-refractivity contribution in [1.82, 2.24) is 4.90 Å². The highest BCUT2D eigenvalue weighted by atomic mass is 32.2. The number of carbonyl (C=O) groups is 1. The Morgan fingerprint density at radius 3 is 2.46 bits per heavy atom. The van der Waals surface area contributed by atoms with Crippen molar-refractivity contribution in [3.63, 3.8) is 0 Å². The Bertz CT molecular complexity index is 531. The smallest absolute Gasteiger partial charge is 0.223 e. The molecule has 132 valence electrons. The SMILES string of the molecule is CCCOc1ccc(CCC(=O)N2C3CCC2CC(SC)C3)cc1. The van der Waals surface area contributed by atoms with E-state index in [4.69, 9.17) is 4.74 Å². The van der Waals surface area contributed by atoms with E-state index in [1.807, 2.05) is 23.9 Å². The fourth-order valence-electron chi connectivity index (χ4n) is 4.08. The minimum atomic E-state index is 0.355. The second kappa shape index (κ2) is 8.28. The minimum absolute atomic E-state index is 0.355. The molecule has 0 spiro atoms. The van der Waals surface area contributed by atoms with Crippen molar-refractivity contribution in [2.24, 2.45) is 0 Å². The van der Waals surface area contributed by atoms with Crippen LogP contribution in [0.1, 0.15) is 51.0 Å². The summed E-state index contributed by atoms with van der Waals surface area (Å²) in [4.78, 5) is 15.0. The van der Waals surface area contributed by atoms with Gasteiger partial charge >= 0.3 is 0 Å². The van der Waals surface area contributed by atoms with Crippen molar-refractivity contribution in [1.29, 1.82) is 0 Å². The molecule has 4 heteroatoms. The van der Waals surface area contributed by atoms with E-state index >= 15 is 0 Å². The van der Waals surface area contributed by atoms with Gasteiger partial charge in [-0.15, -0.1) is 0 Å². The number of piperidine rings is 1. The zero-order valence-corrected chi connectivity index (χ0v) is 15.7. The van der Waals surface area contributed by atoms with Gasteiger partial charge in [-0.2, -0.15) is 11.8 Å². The molecule has 0 aliphatic carbocycles. The van der Waals surface area contributed by atoms with Gasteiger partial charge in [0, 0.05) is 23.8 Å². The Morgan fingerprint density at radius 1 is 1.21 bits per heavy atom. The number of fused-ring (bicyclic) bond motifs is 2. The largest absolute Gasteiger partial charge is 0.494 e. The summed E-state index contributed by atoms with van der Waals surface area (Å²) in [7, 11) is 0. The molecule has 24 heavy (non-hydrogen) atoms. The van der Waals surface area contributed by atoms with E-state index in [2.05, 4.69) is 30.2 Å². The summed E-state index contributed by atoms with van der Waals surface area (Å²) in [6.45, 7) is 2.86. The lowest BCUT2D eigenvalue weighted by atomic mass is 10.0. The lowest BCUT2D eigenvalue weighted by Gasteiger charge is -2.38. The summed E-state index contributed by atoms with van der Waals surface area (Å²) in [5.41, 5.74) is 1.22. The number of rotatable bonds is 7. The first-order valence-corrected chi connectivity index (χ1v) is 10.6. The Labute approximate surface area is 150 Å². The van der Waals surface area contributed by atoms with Crippen molar-refractivity contribution in [2.75, 3.05) is 12.9 Å². The maximum absolute atomic E-state index is 12.7. The van der Waals surface area contributed by atoms with E-state index < -0.39 is 0 Å². The van der Waals surface area contributed by atoms with Gasteiger partial charge in [0.1, 0.15) is 5.75 Å². The number of benzene rings is 1. The highest BCUT2D eigenvalue weighted by Crippen LogP contribution is 2.39. The highest BCUT2D eigenvalue weighted by Gasteiger charge is 2.42. The molecule has 0 saturated carbocycles. The molecule has 2 fully saturated rings. The normalized spacial score (nSPS) is 25.8. The maximum Gasteiger partial charge on any atom is 0.223 e. The van der Waals surface area contributed by atoms with Crippen LogP contribution in [-0.2, 0) is 11.2 Å². The van der Waals surface area contributed by atoms with Crippen molar-refractivity contribution < 1.29 is 9.53 Å². The standard InChI is InChI=1S/C20H29NO2S/c1-3-12-23-18-9-4-15(5-10-18)6-11-20(22)21-16-7-8-17(21)14-19(13-16)24-2/h4-5,9-10,16-17,19H,3,6-8,11-14H2,1-2H3. The molecule has 3 nitrogen and oxygen atoms in total. The molecule has 2 atom stereocenters. The fourth-order valence-corrected chi connectivity index (χ4v) is 4.91. The molecule has 2 unspecified atom stereocenters. The topological polar surface area (TPSA) is 29.5 Å². The molecular formula is C20H29NO2S. The molecule has 2 bridgehead atoms. The van der Waals surface area contributed by atoms with Crippen LogP contribution in [0.5, 0.6) is 5.75 Å². The average Bonchev–Trinajstić information content (AvgIpc) is 2.88. The van der Waals surface area contributed by atoms with Gasteiger partial charge in [0.15, 0.2) is 0 Å². The summed E-state index contributed by atoms with van der Waals surface area (Å²) in [5.74, 6) is 1.28. The molecule has 0 radical (unpaired) electrons. The van der Waals surface area contributed by atoms with E-state index in [9.17, 15) is 4.79 Å². The quantitative estimate of drug-likeness (QED) is 0.737. The van der Waals surface area contributed by atoms with Gasteiger partial charge in [-0.25, -0.2) is 0 Å². The first-order valence-electron chi connectivity index (χ1n) is 9.27.